The smallest absolute Gasteiger partial charge is 0.303 e. The van der Waals surface area contributed by atoms with Crippen LogP contribution in [-0.2, 0) is 16.3 Å². The zero-order valence-electron chi connectivity index (χ0n) is 17.0. The minimum absolute atomic E-state index is 0.238. The second-order valence-electron chi connectivity index (χ2n) is 6.19. The first-order valence-corrected chi connectivity index (χ1v) is 11.3. The molecule has 0 aliphatic rings. The largest absolute Gasteiger partial charge is 0.481 e. The van der Waals surface area contributed by atoms with Crippen LogP contribution in [0.5, 0.6) is 0 Å². The predicted molar refractivity (Wildman–Crippen MR) is 115 cm³/mol. The second-order valence-corrected chi connectivity index (χ2v) is 8.58. The lowest BCUT2D eigenvalue weighted by Gasteiger charge is -2.16. The van der Waals surface area contributed by atoms with Gasteiger partial charge in [-0.15, -0.1) is 0 Å². The zero-order valence-corrected chi connectivity index (χ0v) is 16.7. The number of rotatable bonds is 13. The van der Waals surface area contributed by atoms with Crippen LogP contribution in [0, 0.1) is 0 Å². The fourth-order valence-corrected chi connectivity index (χ4v) is 4.96. The lowest BCUT2D eigenvalue weighted by Crippen LogP contribution is -2.06. The molecule has 0 aliphatic heterocycles. The Morgan fingerprint density at radius 2 is 1.65 bits per heavy atom. The molecule has 0 fully saturated rings. The number of hydrogen-bond donors (Lipinski definition) is 1. The summed E-state index contributed by atoms with van der Waals surface area (Å²) in [5.74, 6) is 1.97. The van der Waals surface area contributed by atoms with Gasteiger partial charge < -0.3 is 5.11 Å². The van der Waals surface area contributed by atoms with Crippen LogP contribution in [0.1, 0.15) is 46.0 Å². The van der Waals surface area contributed by atoms with E-state index in [2.05, 4.69) is 0 Å². The van der Waals surface area contributed by atoms with Crippen LogP contribution in [0.15, 0.2) is 60.6 Å². The highest BCUT2D eigenvalue weighted by Gasteiger charge is 2.10. The summed E-state index contributed by atoms with van der Waals surface area (Å²) >= 11 is 3.73. The normalized spacial score (nSPS) is 13.1. The molecule has 0 heterocycles. The first-order chi connectivity index (χ1) is 13.6. The van der Waals surface area contributed by atoms with Gasteiger partial charge in [-0.3, -0.25) is 4.79 Å². The molecule has 0 amide bonds. The Bertz CT molecular complexity index is 740. The van der Waals surface area contributed by atoms with Gasteiger partial charge in [-0.25, -0.2) is 0 Å². The SMILES string of the molecule is [2H]c1ccccc1CSCCC(CCCCC(=O)O)SCc1ccccc1[2H]. The van der Waals surface area contributed by atoms with Crippen molar-refractivity contribution in [3.05, 3.63) is 71.7 Å². The van der Waals surface area contributed by atoms with Crippen molar-refractivity contribution in [1.29, 1.82) is 0 Å². The van der Waals surface area contributed by atoms with Crippen molar-refractivity contribution in [3.8, 4) is 0 Å². The second kappa shape index (κ2) is 12.9. The molecule has 140 valence electrons. The number of unbranched alkanes of at least 4 members (excludes halogenated alkanes) is 1. The number of carbonyl (C=O) groups is 1. The summed E-state index contributed by atoms with van der Waals surface area (Å²) in [6, 6.07) is 16.6. The Balaban J connectivity index is 1.79. The molecule has 2 aromatic rings. The maximum absolute atomic E-state index is 10.7. The maximum Gasteiger partial charge on any atom is 0.303 e. The van der Waals surface area contributed by atoms with Gasteiger partial charge in [0, 0.05) is 23.2 Å². The van der Waals surface area contributed by atoms with Crippen LogP contribution in [-0.4, -0.2) is 22.1 Å². The number of carboxylic acids is 1. The number of thioether (sulfide) groups is 2. The third-order valence-corrected chi connectivity index (χ3v) is 6.49. The van der Waals surface area contributed by atoms with E-state index in [4.69, 9.17) is 7.85 Å². The minimum Gasteiger partial charge on any atom is -0.481 e. The van der Waals surface area contributed by atoms with Crippen molar-refractivity contribution in [2.24, 2.45) is 0 Å². The highest BCUT2D eigenvalue weighted by molar-refractivity contribution is 7.99. The fourth-order valence-electron chi connectivity index (χ4n) is 2.60. The van der Waals surface area contributed by atoms with Crippen molar-refractivity contribution in [2.75, 3.05) is 5.75 Å². The summed E-state index contributed by atoms with van der Waals surface area (Å²) in [4.78, 5) is 10.7. The topological polar surface area (TPSA) is 37.3 Å². The van der Waals surface area contributed by atoms with E-state index in [0.29, 0.717) is 17.3 Å². The first kappa shape index (κ1) is 18.0. The van der Waals surface area contributed by atoms with Crippen LogP contribution < -0.4 is 0 Å². The Morgan fingerprint density at radius 1 is 0.962 bits per heavy atom. The van der Waals surface area contributed by atoms with Gasteiger partial charge in [-0.05, 0) is 36.1 Å². The molecule has 0 aliphatic carbocycles. The molecule has 1 unspecified atom stereocenters. The zero-order chi connectivity index (χ0) is 20.2. The molecule has 2 nitrogen and oxygen atoms in total. The summed E-state index contributed by atoms with van der Waals surface area (Å²) in [7, 11) is 0. The van der Waals surface area contributed by atoms with Gasteiger partial charge in [0.2, 0.25) is 0 Å². The number of hydrogen-bond acceptors (Lipinski definition) is 3. The Morgan fingerprint density at radius 3 is 2.31 bits per heavy atom. The van der Waals surface area contributed by atoms with Crippen molar-refractivity contribution in [3.63, 3.8) is 0 Å². The third-order valence-electron chi connectivity index (χ3n) is 4.03. The summed E-state index contributed by atoms with van der Waals surface area (Å²) in [5, 5.41) is 9.29. The van der Waals surface area contributed by atoms with Gasteiger partial charge in [0.15, 0.2) is 0 Å². The summed E-state index contributed by atoms with van der Waals surface area (Å²) in [6.45, 7) is 0. The Hall–Kier alpha value is -1.39. The van der Waals surface area contributed by atoms with Gasteiger partial charge in [0.1, 0.15) is 0 Å². The number of aliphatic carboxylic acids is 1. The van der Waals surface area contributed by atoms with Crippen LogP contribution in [0.4, 0.5) is 0 Å². The quantitative estimate of drug-likeness (QED) is 0.410. The van der Waals surface area contributed by atoms with Crippen molar-refractivity contribution in [2.45, 2.75) is 48.9 Å². The lowest BCUT2D eigenvalue weighted by molar-refractivity contribution is -0.137. The fraction of sp³-hybridized carbons (Fsp3) is 0.409. The average molecular weight is 391 g/mol. The lowest BCUT2D eigenvalue weighted by atomic mass is 10.1. The third kappa shape index (κ3) is 9.35. The molecule has 1 atom stereocenters. The highest BCUT2D eigenvalue weighted by atomic mass is 32.2. The monoisotopic (exact) mass is 390 g/mol. The summed E-state index contributed by atoms with van der Waals surface area (Å²) < 4.78 is 15.9. The average Bonchev–Trinajstić information content (AvgIpc) is 2.68. The molecule has 0 aromatic heterocycles. The van der Waals surface area contributed by atoms with Crippen molar-refractivity contribution in [1.82, 2.24) is 0 Å². The molecular weight excluding hydrogens is 360 g/mol. The van der Waals surface area contributed by atoms with Crippen LogP contribution in [0.25, 0.3) is 0 Å². The Kier molecular flexibility index (Phi) is 8.92. The van der Waals surface area contributed by atoms with E-state index in [-0.39, 0.29) is 6.42 Å². The van der Waals surface area contributed by atoms with Crippen molar-refractivity contribution < 1.29 is 12.6 Å². The van der Waals surface area contributed by atoms with E-state index in [9.17, 15) is 4.79 Å². The van der Waals surface area contributed by atoms with Gasteiger partial charge in [0.25, 0.3) is 0 Å². The standard InChI is InChI=1S/C22H28O2S2/c23-22(24)14-8-7-13-21(26-18-20-11-5-2-6-12-20)15-16-25-17-19-9-3-1-4-10-19/h1-6,9-12,21H,7-8,13-18H2,(H,23,24)/i9D,11D. The van der Waals surface area contributed by atoms with Crippen LogP contribution in [0.2, 0.25) is 0 Å². The molecule has 0 saturated carbocycles. The molecule has 4 heteroatoms. The summed E-state index contributed by atoms with van der Waals surface area (Å²) in [6.07, 6.45) is 3.95. The van der Waals surface area contributed by atoms with E-state index in [1.807, 2.05) is 72.1 Å². The molecule has 2 aromatic carbocycles. The molecule has 1 N–H and O–H groups in total. The van der Waals surface area contributed by atoms with Gasteiger partial charge in [-0.2, -0.15) is 23.5 Å². The first-order valence-electron chi connectivity index (χ1n) is 10.1. The Labute approximate surface area is 168 Å². The van der Waals surface area contributed by atoms with E-state index >= 15 is 0 Å². The molecule has 0 radical (unpaired) electrons. The summed E-state index contributed by atoms with van der Waals surface area (Å²) in [5.41, 5.74) is 2.13. The van der Waals surface area contributed by atoms with Crippen molar-refractivity contribution >= 4 is 29.5 Å². The maximum atomic E-state index is 10.7. The predicted octanol–water partition coefficient (Wildman–Crippen LogP) is 6.26. The van der Waals surface area contributed by atoms with Crippen LogP contribution >= 0.6 is 23.5 Å². The number of carboxylic acid groups (broad SMARTS) is 1. The molecule has 0 saturated heterocycles. The number of benzene rings is 2. The van der Waals surface area contributed by atoms with Gasteiger partial charge in [-0.1, -0.05) is 67.0 Å². The van der Waals surface area contributed by atoms with E-state index < -0.39 is 5.97 Å². The molecular formula is C22H28O2S2. The molecule has 26 heavy (non-hydrogen) atoms. The van der Waals surface area contributed by atoms with Gasteiger partial charge >= 0.3 is 5.97 Å². The minimum atomic E-state index is -0.725. The molecule has 2 rings (SSSR count). The van der Waals surface area contributed by atoms with E-state index in [0.717, 1.165) is 54.1 Å². The molecule has 0 spiro atoms. The molecule has 0 bridgehead atoms. The van der Waals surface area contributed by atoms with E-state index in [1.165, 1.54) is 0 Å². The highest BCUT2D eigenvalue weighted by Crippen LogP contribution is 2.27. The van der Waals surface area contributed by atoms with Gasteiger partial charge in [0.05, 0.1) is 2.74 Å². The van der Waals surface area contributed by atoms with E-state index in [1.54, 1.807) is 0 Å². The van der Waals surface area contributed by atoms with Crippen LogP contribution in [0.3, 0.4) is 0 Å².